The molecule has 0 spiro atoms. The molecule has 3 aromatic rings. The van der Waals surface area contributed by atoms with Crippen molar-refractivity contribution in [3.63, 3.8) is 0 Å². The van der Waals surface area contributed by atoms with E-state index in [0.29, 0.717) is 6.04 Å². The van der Waals surface area contributed by atoms with E-state index in [2.05, 4.69) is 34.1 Å². The van der Waals surface area contributed by atoms with Crippen LogP contribution < -0.4 is 25.4 Å². The van der Waals surface area contributed by atoms with Gasteiger partial charge in [-0.3, -0.25) is 14.2 Å². The lowest BCUT2D eigenvalue weighted by Crippen LogP contribution is -2.37. The number of nitrogens with one attached hydrogen (secondary N) is 2. The molecule has 0 aliphatic carbocycles. The molecule has 2 aromatic heterocycles. The number of hydrogen-bond donors (Lipinski definition) is 2. The number of rotatable bonds is 6. The first kappa shape index (κ1) is 26.5. The van der Waals surface area contributed by atoms with E-state index in [9.17, 15) is 28.0 Å². The fourth-order valence-electron chi connectivity index (χ4n) is 4.44. The van der Waals surface area contributed by atoms with Crippen LogP contribution in [0.2, 0.25) is 0 Å². The molecule has 37 heavy (non-hydrogen) atoms. The Bertz CT molecular complexity index is 1520. The second kappa shape index (κ2) is 10.8. The van der Waals surface area contributed by atoms with Gasteiger partial charge in [-0.25, -0.2) is 0 Å². The molecule has 2 N–H and O–H groups in total. The predicted molar refractivity (Wildman–Crippen MR) is 137 cm³/mol. The molecule has 1 aliphatic rings. The second-order valence-electron chi connectivity index (χ2n) is 8.93. The van der Waals surface area contributed by atoms with Crippen molar-refractivity contribution in [2.75, 3.05) is 32.0 Å². The Morgan fingerprint density at radius 1 is 1.27 bits per heavy atom. The SMILES string of the molecule is CCn1c(=O)/c(=C\Nc2ccc3ccn(C4CCN(C)CC4)c3c2)s/c1=C(\C#N)C(=O)NCC(F)(F)F. The van der Waals surface area contributed by atoms with Gasteiger partial charge in [0, 0.05) is 30.7 Å². The topological polar surface area (TPSA) is 95.1 Å². The zero-order valence-electron chi connectivity index (χ0n) is 20.4. The molecule has 8 nitrogen and oxygen atoms in total. The highest BCUT2D eigenvalue weighted by molar-refractivity contribution is 7.07. The molecule has 12 heteroatoms. The van der Waals surface area contributed by atoms with Crippen LogP contribution in [0.1, 0.15) is 25.8 Å². The molecular formula is C25H27F3N6O2S. The Balaban J connectivity index is 1.66. The molecule has 196 valence electrons. The zero-order chi connectivity index (χ0) is 26.7. The highest BCUT2D eigenvalue weighted by Crippen LogP contribution is 2.29. The summed E-state index contributed by atoms with van der Waals surface area (Å²) in [4.78, 5) is 27.5. The van der Waals surface area contributed by atoms with E-state index >= 15 is 0 Å². The van der Waals surface area contributed by atoms with Crippen LogP contribution in [-0.4, -0.2) is 52.8 Å². The van der Waals surface area contributed by atoms with Gasteiger partial charge in [0.1, 0.15) is 21.8 Å². The molecule has 0 saturated carbocycles. The lowest BCUT2D eigenvalue weighted by molar-refractivity contribution is -0.135. The number of benzene rings is 1. The van der Waals surface area contributed by atoms with Crippen LogP contribution in [0.3, 0.4) is 0 Å². The molecule has 3 heterocycles. The number of carbonyl (C=O) groups is 1. The molecule has 4 rings (SSSR count). The highest BCUT2D eigenvalue weighted by Gasteiger charge is 2.29. The van der Waals surface area contributed by atoms with Gasteiger partial charge in [-0.2, -0.15) is 18.4 Å². The van der Waals surface area contributed by atoms with E-state index in [0.717, 1.165) is 53.9 Å². The predicted octanol–water partition coefficient (Wildman–Crippen LogP) is 2.35. The van der Waals surface area contributed by atoms with Crippen molar-refractivity contribution in [3.8, 4) is 6.07 Å². The van der Waals surface area contributed by atoms with E-state index < -0.39 is 29.8 Å². The monoisotopic (exact) mass is 532 g/mol. The molecule has 0 unspecified atom stereocenters. The van der Waals surface area contributed by atoms with Crippen molar-refractivity contribution in [1.82, 2.24) is 19.4 Å². The number of likely N-dealkylation sites (tertiary alicyclic amines) is 1. The molecule has 1 fully saturated rings. The molecule has 0 atom stereocenters. The van der Waals surface area contributed by atoms with Crippen LogP contribution in [0.15, 0.2) is 35.3 Å². The molecule has 1 aliphatic heterocycles. The van der Waals surface area contributed by atoms with E-state index in [1.807, 2.05) is 18.2 Å². The summed E-state index contributed by atoms with van der Waals surface area (Å²) in [5, 5.41) is 15.4. The summed E-state index contributed by atoms with van der Waals surface area (Å²) in [5.74, 6) is -1.18. The Morgan fingerprint density at radius 3 is 2.65 bits per heavy atom. The quantitative estimate of drug-likeness (QED) is 0.508. The fourth-order valence-corrected chi connectivity index (χ4v) is 5.52. The Hall–Kier alpha value is -3.56. The average Bonchev–Trinajstić information content (AvgIpc) is 3.42. The smallest absolute Gasteiger partial charge is 0.360 e. The van der Waals surface area contributed by atoms with Crippen LogP contribution in [0.25, 0.3) is 22.7 Å². The van der Waals surface area contributed by atoms with Crippen LogP contribution in [0.4, 0.5) is 18.9 Å². The summed E-state index contributed by atoms with van der Waals surface area (Å²) in [6, 6.07) is 10.0. The largest absolute Gasteiger partial charge is 0.405 e. The first-order chi connectivity index (χ1) is 17.6. The molecule has 0 bridgehead atoms. The molecular weight excluding hydrogens is 505 g/mol. The van der Waals surface area contributed by atoms with Crippen LogP contribution in [-0.2, 0) is 11.3 Å². The van der Waals surface area contributed by atoms with Gasteiger partial charge < -0.3 is 20.1 Å². The minimum absolute atomic E-state index is 0.00863. The maximum absolute atomic E-state index is 12.9. The molecule has 1 amide bonds. The van der Waals surface area contributed by atoms with Gasteiger partial charge in [0.25, 0.3) is 11.5 Å². The van der Waals surface area contributed by atoms with Crippen molar-refractivity contribution in [3.05, 3.63) is 50.0 Å². The lowest BCUT2D eigenvalue weighted by atomic mass is 10.1. The van der Waals surface area contributed by atoms with E-state index in [4.69, 9.17) is 0 Å². The number of thiazole rings is 1. The first-order valence-corrected chi connectivity index (χ1v) is 12.7. The van der Waals surface area contributed by atoms with E-state index in [-0.39, 0.29) is 15.7 Å². The van der Waals surface area contributed by atoms with Crippen molar-refractivity contribution in [2.24, 2.45) is 0 Å². The first-order valence-electron chi connectivity index (χ1n) is 11.9. The number of fused-ring (bicyclic) bond motifs is 1. The standard InChI is InChI=1S/C25H27F3N6O2S/c1-3-33-23(36)21(37-24(33)19(13-29)22(35)31-15-25(26,27)28)14-30-17-5-4-16-6-11-34(20(16)12-17)18-7-9-32(2)10-8-18/h4-6,11-12,14,18,30H,3,7-10,15H2,1-2H3,(H,31,35)/b21-14+,24-19+. The van der Waals surface area contributed by atoms with Gasteiger partial charge in [-0.1, -0.05) is 6.07 Å². The third kappa shape index (κ3) is 5.89. The minimum Gasteiger partial charge on any atom is -0.360 e. The summed E-state index contributed by atoms with van der Waals surface area (Å²) >= 11 is 0.877. The number of aromatic nitrogens is 2. The molecule has 1 saturated heterocycles. The third-order valence-electron chi connectivity index (χ3n) is 6.40. The average molecular weight is 533 g/mol. The van der Waals surface area contributed by atoms with Crippen LogP contribution >= 0.6 is 11.3 Å². The van der Waals surface area contributed by atoms with Gasteiger partial charge in [-0.15, -0.1) is 11.3 Å². The summed E-state index contributed by atoms with van der Waals surface area (Å²) in [6.45, 7) is 2.31. The van der Waals surface area contributed by atoms with Crippen LogP contribution in [0.5, 0.6) is 0 Å². The molecule has 0 radical (unpaired) electrons. The van der Waals surface area contributed by atoms with Gasteiger partial charge in [0.2, 0.25) is 0 Å². The number of piperidine rings is 1. The Labute approximate surface area is 214 Å². The number of hydrogen-bond acceptors (Lipinski definition) is 6. The summed E-state index contributed by atoms with van der Waals surface area (Å²) in [7, 11) is 2.12. The summed E-state index contributed by atoms with van der Waals surface area (Å²) < 4.78 is 41.2. The Kier molecular flexibility index (Phi) is 7.75. The fraction of sp³-hybridized carbons (Fsp3) is 0.400. The molecule has 1 aromatic carbocycles. The van der Waals surface area contributed by atoms with Crippen molar-refractivity contribution < 1.29 is 18.0 Å². The minimum atomic E-state index is -4.62. The number of nitriles is 1. The normalized spacial score (nSPS) is 16.6. The van der Waals surface area contributed by atoms with Gasteiger partial charge in [0.15, 0.2) is 5.57 Å². The van der Waals surface area contributed by atoms with Crippen molar-refractivity contribution in [2.45, 2.75) is 38.5 Å². The number of alkyl halides is 3. The zero-order valence-corrected chi connectivity index (χ0v) is 21.2. The van der Waals surface area contributed by atoms with Gasteiger partial charge in [0.05, 0.1) is 5.52 Å². The second-order valence-corrected chi connectivity index (χ2v) is 9.96. The number of nitrogens with zero attached hydrogens (tertiary/aromatic N) is 4. The van der Waals surface area contributed by atoms with Crippen molar-refractivity contribution in [1.29, 1.82) is 5.26 Å². The van der Waals surface area contributed by atoms with Gasteiger partial charge >= 0.3 is 6.18 Å². The number of halogens is 3. The number of anilines is 1. The summed E-state index contributed by atoms with van der Waals surface area (Å²) in [5.41, 5.74) is 0.852. The maximum Gasteiger partial charge on any atom is 0.405 e. The lowest BCUT2D eigenvalue weighted by Gasteiger charge is -2.30. The third-order valence-corrected chi connectivity index (χ3v) is 7.53. The van der Waals surface area contributed by atoms with Gasteiger partial charge in [-0.05, 0) is 63.5 Å². The number of amides is 1. The van der Waals surface area contributed by atoms with Crippen LogP contribution in [0, 0.1) is 11.3 Å². The summed E-state index contributed by atoms with van der Waals surface area (Å²) in [6.07, 6.45) is 1.10. The highest BCUT2D eigenvalue weighted by atomic mass is 32.1. The van der Waals surface area contributed by atoms with Crippen molar-refractivity contribution >= 4 is 45.6 Å². The van der Waals surface area contributed by atoms with E-state index in [1.165, 1.54) is 10.8 Å². The maximum atomic E-state index is 12.9. The van der Waals surface area contributed by atoms with E-state index in [1.54, 1.807) is 18.3 Å². The Morgan fingerprint density at radius 2 is 2.00 bits per heavy atom. The number of carbonyl (C=O) groups excluding carboxylic acids is 1.